The van der Waals surface area contributed by atoms with Crippen molar-refractivity contribution in [3.63, 3.8) is 0 Å². The molecule has 2 bridgehead atoms. The molecule has 20 nitrogen and oxygen atoms in total. The van der Waals surface area contributed by atoms with Crippen LogP contribution in [0, 0.1) is 23.7 Å². The van der Waals surface area contributed by atoms with E-state index in [1.165, 1.54) is 7.11 Å². The van der Waals surface area contributed by atoms with Crippen LogP contribution >= 0.6 is 0 Å². The molecule has 20 heteroatoms. The number of rotatable bonds is 11. The maximum absolute atomic E-state index is 14.3. The number of hydrogen-bond acceptors (Lipinski definition) is 18. The Balaban J connectivity index is 0.000000320. The number of imidazole rings is 1. The molecule has 4 fully saturated rings. The number of nitrogens with one attached hydrogen (secondary N) is 2. The Kier molecular flexibility index (Phi) is 20.3. The molecule has 7 heterocycles. The molecule has 6 aliphatic heterocycles. The van der Waals surface area contributed by atoms with E-state index in [2.05, 4.69) is 59.9 Å². The summed E-state index contributed by atoms with van der Waals surface area (Å²) < 4.78 is 68.2. The van der Waals surface area contributed by atoms with Crippen LogP contribution < -0.4 is 5.32 Å². The molecule has 1 aromatic heterocycles. The van der Waals surface area contributed by atoms with Crippen molar-refractivity contribution in [3.8, 4) is 0 Å². The van der Waals surface area contributed by atoms with Crippen LogP contribution in [0.1, 0.15) is 110 Å². The fourth-order valence-corrected chi connectivity index (χ4v) is 12.7. The van der Waals surface area contributed by atoms with Gasteiger partial charge in [-0.1, -0.05) is 101 Å². The summed E-state index contributed by atoms with van der Waals surface area (Å²) in [6.45, 7) is 16.1. The Morgan fingerprint density at radius 2 is 1.60 bits per heavy atom. The van der Waals surface area contributed by atoms with Gasteiger partial charge in [-0.05, 0) is 81.0 Å². The van der Waals surface area contributed by atoms with Gasteiger partial charge in [0.1, 0.15) is 42.0 Å². The molecule has 10 rings (SSSR count). The van der Waals surface area contributed by atoms with E-state index >= 15 is 0 Å². The molecule has 20 atom stereocenters. The highest BCUT2D eigenvalue weighted by Gasteiger charge is 2.60. The SMILES string of the molecule is CCC(C)C1OC2(C=CC1C)CC1CC(CC=C(C)C(OC3CC(OC)C(OC4CC(OC)C(O)C(C)O4)C(C)O3)C(C)C=CC=C3COC4C(O)C(C)=CC(C(=O)O1)C34O)O2.COC(=O)Nc1nc2ccc(C(=O)c3ccccc3)cc2[nH]1. The second-order valence-corrected chi connectivity index (χ2v) is 23.6. The lowest BCUT2D eigenvalue weighted by Gasteiger charge is -2.48. The summed E-state index contributed by atoms with van der Waals surface area (Å²) in [5, 5.41) is 36.7. The van der Waals surface area contributed by atoms with Gasteiger partial charge in [-0.15, -0.1) is 0 Å². The van der Waals surface area contributed by atoms with E-state index in [-0.39, 0.29) is 54.4 Å². The van der Waals surface area contributed by atoms with Crippen LogP contribution in [0.25, 0.3) is 11.0 Å². The van der Waals surface area contributed by atoms with Crippen LogP contribution in [0.15, 0.2) is 108 Å². The summed E-state index contributed by atoms with van der Waals surface area (Å²) in [6, 6.07) is 14.2. The van der Waals surface area contributed by atoms with Gasteiger partial charge in [0.15, 0.2) is 24.2 Å². The Morgan fingerprint density at radius 3 is 2.32 bits per heavy atom. The highest BCUT2D eigenvalue weighted by atomic mass is 16.7. The van der Waals surface area contributed by atoms with Gasteiger partial charge in [0.2, 0.25) is 5.95 Å². The summed E-state index contributed by atoms with van der Waals surface area (Å²) in [7, 11) is 4.49. The number of fused-ring (bicyclic) bond motifs is 3. The molecule has 0 saturated carbocycles. The highest BCUT2D eigenvalue weighted by Crippen LogP contribution is 2.47. The zero-order valence-electron chi connectivity index (χ0n) is 50.0. The fraction of sp³-hybridized carbons (Fsp3) is 0.594. The van der Waals surface area contributed by atoms with Crippen molar-refractivity contribution in [2.45, 2.75) is 191 Å². The van der Waals surface area contributed by atoms with Crippen molar-refractivity contribution in [3.05, 3.63) is 119 Å². The number of carbonyl (C=O) groups excluding carboxylic acids is 3. The number of nitrogens with zero attached hydrogens (tertiary/aromatic N) is 1. The van der Waals surface area contributed by atoms with Crippen LogP contribution in [-0.2, 0) is 56.9 Å². The van der Waals surface area contributed by atoms with Crippen molar-refractivity contribution in [2.24, 2.45) is 23.7 Å². The summed E-state index contributed by atoms with van der Waals surface area (Å²) in [4.78, 5) is 45.0. The Morgan fingerprint density at radius 1 is 0.869 bits per heavy atom. The monoisotopic (exact) mass is 1170 g/mol. The first-order valence-corrected chi connectivity index (χ1v) is 29.5. The average molecular weight is 1170 g/mol. The third kappa shape index (κ3) is 13.7. The largest absolute Gasteiger partial charge is 0.462 e. The van der Waals surface area contributed by atoms with E-state index in [1.54, 1.807) is 70.6 Å². The van der Waals surface area contributed by atoms with Gasteiger partial charge in [0, 0.05) is 62.9 Å². The number of aromatic amines is 1. The van der Waals surface area contributed by atoms with Crippen molar-refractivity contribution >= 4 is 34.8 Å². The van der Waals surface area contributed by atoms with Gasteiger partial charge in [-0.3, -0.25) is 14.9 Å². The summed E-state index contributed by atoms with van der Waals surface area (Å²) >= 11 is 0. The molecule has 1 aliphatic carbocycles. The molecule has 1 spiro atoms. The van der Waals surface area contributed by atoms with Gasteiger partial charge in [-0.2, -0.15) is 0 Å². The van der Waals surface area contributed by atoms with Crippen molar-refractivity contribution in [2.75, 3.05) is 33.3 Å². The van der Waals surface area contributed by atoms with Crippen LogP contribution in [0.2, 0.25) is 0 Å². The van der Waals surface area contributed by atoms with E-state index in [0.29, 0.717) is 65.4 Å². The number of amides is 1. The normalized spacial score (nSPS) is 37.4. The first-order chi connectivity index (χ1) is 40.2. The number of H-pyrrole nitrogens is 1. The number of aliphatic hydroxyl groups is 3. The van der Waals surface area contributed by atoms with Crippen LogP contribution in [0.3, 0.4) is 0 Å². The molecule has 0 radical (unpaired) electrons. The van der Waals surface area contributed by atoms with Gasteiger partial charge >= 0.3 is 12.1 Å². The lowest BCUT2D eigenvalue weighted by atomic mass is 9.71. The molecule has 458 valence electrons. The minimum absolute atomic E-state index is 0.0317. The third-order valence-corrected chi connectivity index (χ3v) is 17.7. The summed E-state index contributed by atoms with van der Waals surface area (Å²) in [6.07, 6.45) is 7.94. The zero-order valence-corrected chi connectivity index (χ0v) is 50.0. The quantitative estimate of drug-likeness (QED) is 0.0687. The molecule has 2 aromatic carbocycles. The number of methoxy groups -OCH3 is 3. The molecule has 7 aliphatic rings. The van der Waals surface area contributed by atoms with Crippen molar-refractivity contribution in [1.82, 2.24) is 9.97 Å². The smallest absolute Gasteiger partial charge is 0.413 e. The minimum atomic E-state index is -1.84. The lowest BCUT2D eigenvalue weighted by Crippen LogP contribution is -2.58. The van der Waals surface area contributed by atoms with Gasteiger partial charge < -0.3 is 72.4 Å². The number of anilines is 1. The maximum Gasteiger partial charge on any atom is 0.413 e. The number of ketones is 1. The molecular weight excluding hydrogens is 1080 g/mol. The third-order valence-electron chi connectivity index (χ3n) is 17.7. The molecule has 84 heavy (non-hydrogen) atoms. The summed E-state index contributed by atoms with van der Waals surface area (Å²) in [5.41, 5.74) is 2.61. The second kappa shape index (κ2) is 27.1. The zero-order chi connectivity index (χ0) is 60.2. The number of hydrogen-bond donors (Lipinski definition) is 5. The summed E-state index contributed by atoms with van der Waals surface area (Å²) in [5.74, 6) is -2.36. The first-order valence-electron chi connectivity index (χ1n) is 29.5. The number of esters is 1. The molecular formula is C64H85N3O17. The number of benzene rings is 2. The van der Waals surface area contributed by atoms with E-state index < -0.39 is 96.9 Å². The number of allylic oxidation sites excluding steroid dienone is 2. The average Bonchev–Trinajstić information content (AvgIpc) is 1.67. The van der Waals surface area contributed by atoms with Crippen LogP contribution in [-0.4, -0.2) is 168 Å². The van der Waals surface area contributed by atoms with E-state index in [1.807, 2.05) is 50.3 Å². The van der Waals surface area contributed by atoms with Crippen molar-refractivity contribution < 1.29 is 81.8 Å². The fourth-order valence-electron chi connectivity index (χ4n) is 12.7. The van der Waals surface area contributed by atoms with E-state index in [9.17, 15) is 29.7 Å². The standard InChI is InChI=1S/C48H72O14.C16H13N3O3/c1-11-25(2)43-28(5)17-18-47(62-43)23-34-20-33(61-47)16-15-27(4)42(26(3)13-12-14-32-24-55-45-40(49)29(6)19-35(46(51)58-34)48(32,45)52)59-39-22-37(54-10)44(31(8)57-39)60-38-21-36(53-9)41(50)30(7)56-38;1-22-16(21)19-15-17-12-8-7-11(9-13(12)18-15)14(20)10-5-3-2-4-6-10/h12-15,17-19,25-26,28,30-31,33-45,49-50,52H,11,16,20-24H2,1-10H3;2-9H,1H3,(H2,17,18,19,21). The minimum Gasteiger partial charge on any atom is -0.462 e. The molecule has 5 N–H and O–H groups in total. The molecule has 3 aromatic rings. The van der Waals surface area contributed by atoms with Crippen LogP contribution in [0.4, 0.5) is 10.7 Å². The molecule has 20 unspecified atom stereocenters. The topological polar surface area (TPSA) is 254 Å². The Hall–Kier alpha value is -5.46. The first kappa shape index (κ1) is 63.1. The van der Waals surface area contributed by atoms with Gasteiger partial charge in [-0.25, -0.2) is 9.78 Å². The number of aromatic nitrogens is 2. The van der Waals surface area contributed by atoms with Crippen molar-refractivity contribution in [1.29, 1.82) is 0 Å². The van der Waals surface area contributed by atoms with Crippen LogP contribution in [0.5, 0.6) is 0 Å². The maximum atomic E-state index is 14.3. The molecule has 4 saturated heterocycles. The Labute approximate surface area is 491 Å². The molecule has 1 amide bonds. The second-order valence-electron chi connectivity index (χ2n) is 23.6. The number of ether oxygens (including phenoxy) is 11. The predicted octanol–water partition coefficient (Wildman–Crippen LogP) is 8.35. The predicted molar refractivity (Wildman–Crippen MR) is 309 cm³/mol. The lowest BCUT2D eigenvalue weighted by molar-refractivity contribution is -0.318. The number of aliphatic hydroxyl groups excluding tert-OH is 2. The number of carbonyl (C=O) groups is 3. The van der Waals surface area contributed by atoms with E-state index in [4.69, 9.17) is 47.4 Å². The van der Waals surface area contributed by atoms with Gasteiger partial charge in [0.25, 0.3) is 0 Å². The van der Waals surface area contributed by atoms with E-state index in [0.717, 1.165) is 12.0 Å². The highest BCUT2D eigenvalue weighted by molar-refractivity contribution is 6.10. The van der Waals surface area contributed by atoms with Gasteiger partial charge in [0.05, 0.1) is 67.5 Å². The Bertz CT molecular complexity index is 2940.